The zero-order valence-corrected chi connectivity index (χ0v) is 12.8. The topological polar surface area (TPSA) is 23.5 Å². The molecule has 1 aliphatic rings. The van der Waals surface area contributed by atoms with Gasteiger partial charge in [-0.2, -0.15) is 0 Å². The van der Waals surface area contributed by atoms with Gasteiger partial charge in [-0.15, -0.1) is 0 Å². The second-order valence-electron chi connectivity index (χ2n) is 5.68. The van der Waals surface area contributed by atoms with Gasteiger partial charge in [0.1, 0.15) is 6.10 Å². The number of hydrogen-bond acceptors (Lipinski definition) is 2. The Hall–Kier alpha value is -1.35. The molecule has 0 radical (unpaired) electrons. The molecule has 3 heteroatoms. The Bertz CT molecular complexity index is 590. The van der Waals surface area contributed by atoms with Crippen LogP contribution >= 0.6 is 11.6 Å². The lowest BCUT2D eigenvalue weighted by atomic mass is 10.0. The number of nitrogens with zero attached hydrogens (tertiary/aromatic N) is 1. The summed E-state index contributed by atoms with van der Waals surface area (Å²) in [6.45, 7) is 3.41. The van der Waals surface area contributed by atoms with Crippen molar-refractivity contribution in [3.8, 4) is 0 Å². The van der Waals surface area contributed by atoms with Crippen molar-refractivity contribution in [2.45, 2.75) is 25.5 Å². The van der Waals surface area contributed by atoms with Crippen molar-refractivity contribution in [1.29, 1.82) is 0 Å². The van der Waals surface area contributed by atoms with Gasteiger partial charge in [-0.1, -0.05) is 48.0 Å². The lowest BCUT2D eigenvalue weighted by Crippen LogP contribution is -2.18. The molecule has 21 heavy (non-hydrogen) atoms. The molecule has 1 N–H and O–H groups in total. The maximum atomic E-state index is 10.4. The van der Waals surface area contributed by atoms with Crippen LogP contribution < -0.4 is 0 Å². The van der Waals surface area contributed by atoms with E-state index in [0.717, 1.165) is 17.7 Å². The second-order valence-corrected chi connectivity index (χ2v) is 6.12. The van der Waals surface area contributed by atoms with Gasteiger partial charge in [-0.3, -0.25) is 4.90 Å². The maximum absolute atomic E-state index is 10.4. The van der Waals surface area contributed by atoms with Crippen LogP contribution in [0.1, 0.15) is 35.6 Å². The number of rotatable bonds is 4. The normalized spacial score (nSPS) is 17.0. The third-order valence-electron chi connectivity index (χ3n) is 4.06. The highest BCUT2D eigenvalue weighted by atomic mass is 35.5. The Kier molecular flexibility index (Phi) is 4.59. The Morgan fingerprint density at radius 1 is 1.00 bits per heavy atom. The van der Waals surface area contributed by atoms with Crippen LogP contribution in [-0.4, -0.2) is 23.1 Å². The largest absolute Gasteiger partial charge is 0.384 e. The number of benzene rings is 2. The van der Waals surface area contributed by atoms with E-state index in [-0.39, 0.29) is 0 Å². The number of hydrogen-bond donors (Lipinski definition) is 1. The van der Waals surface area contributed by atoms with E-state index in [2.05, 4.69) is 17.0 Å². The standard InChI is InChI=1S/C18H20ClNO/c19-17-5-3-4-16(12-17)18(21)15-8-6-14(7-9-15)13-20-10-1-2-11-20/h3-9,12,18,21H,1-2,10-11,13H2. The zero-order chi connectivity index (χ0) is 14.7. The molecule has 0 spiro atoms. The minimum Gasteiger partial charge on any atom is -0.384 e. The molecule has 1 unspecified atom stereocenters. The zero-order valence-electron chi connectivity index (χ0n) is 12.0. The van der Waals surface area contributed by atoms with Crippen LogP contribution in [0.15, 0.2) is 48.5 Å². The number of aliphatic hydroxyl groups excluding tert-OH is 1. The number of halogens is 1. The first kappa shape index (κ1) is 14.6. The highest BCUT2D eigenvalue weighted by Gasteiger charge is 2.13. The van der Waals surface area contributed by atoms with Gasteiger partial charge in [0.25, 0.3) is 0 Å². The first-order valence-electron chi connectivity index (χ1n) is 7.47. The van der Waals surface area contributed by atoms with Gasteiger partial charge in [0.05, 0.1) is 0 Å². The molecule has 2 aromatic carbocycles. The van der Waals surface area contributed by atoms with Crippen molar-refractivity contribution in [3.63, 3.8) is 0 Å². The number of likely N-dealkylation sites (tertiary alicyclic amines) is 1. The van der Waals surface area contributed by atoms with Crippen LogP contribution in [0.2, 0.25) is 5.02 Å². The lowest BCUT2D eigenvalue weighted by Gasteiger charge is -2.16. The highest BCUT2D eigenvalue weighted by Crippen LogP contribution is 2.25. The molecule has 0 amide bonds. The predicted octanol–water partition coefficient (Wildman–Crippen LogP) is 4.02. The van der Waals surface area contributed by atoms with Crippen LogP contribution in [0.25, 0.3) is 0 Å². The monoisotopic (exact) mass is 301 g/mol. The highest BCUT2D eigenvalue weighted by molar-refractivity contribution is 6.30. The van der Waals surface area contributed by atoms with Gasteiger partial charge >= 0.3 is 0 Å². The summed E-state index contributed by atoms with van der Waals surface area (Å²) in [4.78, 5) is 2.47. The van der Waals surface area contributed by atoms with Crippen LogP contribution in [0, 0.1) is 0 Å². The summed E-state index contributed by atoms with van der Waals surface area (Å²) in [5.74, 6) is 0. The molecular formula is C18H20ClNO. The quantitative estimate of drug-likeness (QED) is 0.922. The summed E-state index contributed by atoms with van der Waals surface area (Å²) in [7, 11) is 0. The molecule has 1 aliphatic heterocycles. The molecule has 2 nitrogen and oxygen atoms in total. The minimum absolute atomic E-state index is 0.621. The van der Waals surface area contributed by atoms with E-state index in [0.29, 0.717) is 5.02 Å². The average Bonchev–Trinajstić information content (AvgIpc) is 3.00. The summed E-state index contributed by atoms with van der Waals surface area (Å²) in [5, 5.41) is 11.1. The fourth-order valence-electron chi connectivity index (χ4n) is 2.87. The molecule has 110 valence electrons. The van der Waals surface area contributed by atoms with Crippen molar-refractivity contribution in [2.24, 2.45) is 0 Å². The SMILES string of the molecule is OC(c1ccc(CN2CCCC2)cc1)c1cccc(Cl)c1. The summed E-state index contributed by atoms with van der Waals surface area (Å²) in [6.07, 6.45) is 2.00. The van der Waals surface area contributed by atoms with E-state index in [1.54, 1.807) is 0 Å². The molecule has 0 saturated carbocycles. The minimum atomic E-state index is -0.621. The van der Waals surface area contributed by atoms with E-state index in [1.807, 2.05) is 36.4 Å². The molecule has 0 bridgehead atoms. The van der Waals surface area contributed by atoms with Crippen molar-refractivity contribution in [3.05, 3.63) is 70.2 Å². The molecule has 1 saturated heterocycles. The summed E-state index contributed by atoms with van der Waals surface area (Å²) >= 11 is 5.98. The third kappa shape index (κ3) is 3.65. The van der Waals surface area contributed by atoms with Crippen LogP contribution in [-0.2, 0) is 6.54 Å². The second kappa shape index (κ2) is 6.61. The Labute approximate surface area is 131 Å². The van der Waals surface area contributed by atoms with Crippen molar-refractivity contribution in [1.82, 2.24) is 4.90 Å². The van der Waals surface area contributed by atoms with Gasteiger partial charge in [-0.25, -0.2) is 0 Å². The van der Waals surface area contributed by atoms with Gasteiger partial charge in [0.15, 0.2) is 0 Å². The summed E-state index contributed by atoms with van der Waals surface area (Å²) in [6, 6.07) is 15.6. The van der Waals surface area contributed by atoms with E-state index >= 15 is 0 Å². The van der Waals surface area contributed by atoms with Crippen LogP contribution in [0.4, 0.5) is 0 Å². The van der Waals surface area contributed by atoms with Crippen molar-refractivity contribution < 1.29 is 5.11 Å². The molecule has 2 aromatic rings. The van der Waals surface area contributed by atoms with Crippen molar-refractivity contribution >= 4 is 11.6 Å². The van der Waals surface area contributed by atoms with E-state index in [9.17, 15) is 5.11 Å². The van der Waals surface area contributed by atoms with Crippen LogP contribution in [0.3, 0.4) is 0 Å². The van der Waals surface area contributed by atoms with Crippen LogP contribution in [0.5, 0.6) is 0 Å². The summed E-state index contributed by atoms with van der Waals surface area (Å²) < 4.78 is 0. The lowest BCUT2D eigenvalue weighted by molar-refractivity contribution is 0.220. The maximum Gasteiger partial charge on any atom is 0.104 e. The average molecular weight is 302 g/mol. The van der Waals surface area contributed by atoms with E-state index in [1.165, 1.54) is 31.5 Å². The molecule has 0 aliphatic carbocycles. The van der Waals surface area contributed by atoms with Crippen molar-refractivity contribution in [2.75, 3.05) is 13.1 Å². The Balaban J connectivity index is 1.71. The molecule has 0 aromatic heterocycles. The van der Waals surface area contributed by atoms with E-state index in [4.69, 9.17) is 11.6 Å². The van der Waals surface area contributed by atoms with Gasteiger partial charge in [0.2, 0.25) is 0 Å². The Morgan fingerprint density at radius 2 is 1.71 bits per heavy atom. The Morgan fingerprint density at radius 3 is 2.38 bits per heavy atom. The first-order valence-corrected chi connectivity index (χ1v) is 7.85. The van der Waals surface area contributed by atoms with Gasteiger partial charge in [0, 0.05) is 11.6 Å². The molecule has 1 atom stereocenters. The fraction of sp³-hybridized carbons (Fsp3) is 0.333. The summed E-state index contributed by atoms with van der Waals surface area (Å²) in [5.41, 5.74) is 3.04. The molecule has 1 heterocycles. The smallest absolute Gasteiger partial charge is 0.104 e. The molecular weight excluding hydrogens is 282 g/mol. The van der Waals surface area contributed by atoms with E-state index < -0.39 is 6.10 Å². The first-order chi connectivity index (χ1) is 10.2. The molecule has 1 fully saturated rings. The number of aliphatic hydroxyl groups is 1. The fourth-order valence-corrected chi connectivity index (χ4v) is 3.07. The third-order valence-corrected chi connectivity index (χ3v) is 4.30. The molecule has 3 rings (SSSR count). The predicted molar refractivity (Wildman–Crippen MR) is 86.5 cm³/mol. The van der Waals surface area contributed by atoms with Gasteiger partial charge < -0.3 is 5.11 Å². The van der Waals surface area contributed by atoms with Gasteiger partial charge in [-0.05, 0) is 54.8 Å².